The van der Waals surface area contributed by atoms with Crippen molar-refractivity contribution < 1.29 is 9.90 Å². The van der Waals surface area contributed by atoms with Crippen molar-refractivity contribution in [2.45, 2.75) is 6.54 Å². The lowest BCUT2D eigenvalue weighted by Crippen LogP contribution is -2.34. The lowest BCUT2D eigenvalue weighted by molar-refractivity contribution is -0.118. The van der Waals surface area contributed by atoms with Crippen LogP contribution in [0.4, 0.5) is 0 Å². The van der Waals surface area contributed by atoms with Gasteiger partial charge in [0.2, 0.25) is 11.8 Å². The first kappa shape index (κ1) is 13.9. The number of nitrogens with two attached hydrogens (primary N) is 1. The minimum atomic E-state index is -0.913. The number of benzene rings is 1. The molecule has 104 valence electrons. The predicted octanol–water partition coefficient (Wildman–Crippen LogP) is 0.0479. The average molecular weight is 296 g/mol. The molecule has 7 nitrogen and oxygen atoms in total. The Kier molecular flexibility index (Phi) is 3.62. The van der Waals surface area contributed by atoms with Crippen molar-refractivity contribution in [1.29, 1.82) is 0 Å². The lowest BCUT2D eigenvalue weighted by atomic mass is 10.1. The zero-order chi connectivity index (χ0) is 14.9. The number of halogens is 1. The van der Waals surface area contributed by atoms with Gasteiger partial charge in [-0.25, -0.2) is 4.79 Å². The van der Waals surface area contributed by atoms with E-state index in [0.717, 1.165) is 0 Å². The van der Waals surface area contributed by atoms with Gasteiger partial charge in [-0.15, -0.1) is 0 Å². The van der Waals surface area contributed by atoms with Crippen LogP contribution in [0.2, 0.25) is 5.02 Å². The molecule has 0 bridgehead atoms. The molecular formula is C12H10ClN3O4. The van der Waals surface area contributed by atoms with Crippen LogP contribution in [0.3, 0.4) is 0 Å². The molecule has 0 aliphatic carbocycles. The van der Waals surface area contributed by atoms with E-state index >= 15 is 0 Å². The molecule has 0 radical (unpaired) electrons. The minimum Gasteiger partial charge on any atom is -0.494 e. The van der Waals surface area contributed by atoms with Gasteiger partial charge in [-0.3, -0.25) is 19.1 Å². The second kappa shape index (κ2) is 5.22. The first-order chi connectivity index (χ1) is 9.40. The summed E-state index contributed by atoms with van der Waals surface area (Å²) in [6.07, 6.45) is 0. The van der Waals surface area contributed by atoms with Gasteiger partial charge in [0.05, 0.1) is 0 Å². The topological polar surface area (TPSA) is 118 Å². The second-order valence-corrected chi connectivity index (χ2v) is 4.45. The number of aromatic hydroxyl groups is 1. The maximum atomic E-state index is 11.8. The number of rotatable bonds is 3. The molecule has 2 aromatic rings. The summed E-state index contributed by atoms with van der Waals surface area (Å²) in [6, 6.07) is 6.07. The first-order valence-corrected chi connectivity index (χ1v) is 5.88. The Morgan fingerprint density at radius 3 is 2.45 bits per heavy atom. The van der Waals surface area contributed by atoms with E-state index in [2.05, 4.69) is 0 Å². The Labute approximate surface area is 117 Å². The van der Waals surface area contributed by atoms with Crippen LogP contribution in [0.1, 0.15) is 0 Å². The Morgan fingerprint density at radius 2 is 1.90 bits per heavy atom. The molecule has 1 heterocycles. The van der Waals surface area contributed by atoms with Gasteiger partial charge in [0, 0.05) is 5.02 Å². The van der Waals surface area contributed by atoms with Crippen LogP contribution in [0, 0.1) is 0 Å². The molecule has 0 aliphatic rings. The fourth-order valence-electron chi connectivity index (χ4n) is 1.74. The van der Waals surface area contributed by atoms with Crippen molar-refractivity contribution >= 4 is 17.5 Å². The number of hydrogen-bond donors (Lipinski definition) is 3. The summed E-state index contributed by atoms with van der Waals surface area (Å²) in [5.74, 6) is -1.45. The van der Waals surface area contributed by atoms with Gasteiger partial charge in [-0.1, -0.05) is 23.7 Å². The number of amides is 1. The Bertz CT molecular complexity index is 777. The molecule has 20 heavy (non-hydrogen) atoms. The van der Waals surface area contributed by atoms with E-state index in [1.54, 1.807) is 0 Å². The quantitative estimate of drug-likeness (QED) is 0.741. The predicted molar refractivity (Wildman–Crippen MR) is 72.6 cm³/mol. The normalized spacial score (nSPS) is 10.4. The van der Waals surface area contributed by atoms with Crippen LogP contribution < -0.4 is 17.0 Å². The van der Waals surface area contributed by atoms with Crippen molar-refractivity contribution in [3.05, 3.63) is 50.1 Å². The molecule has 2 rings (SSSR count). The molecule has 0 aliphatic heterocycles. The summed E-state index contributed by atoms with van der Waals surface area (Å²) >= 11 is 5.74. The highest BCUT2D eigenvalue weighted by molar-refractivity contribution is 6.30. The van der Waals surface area contributed by atoms with Crippen molar-refractivity contribution in [2.24, 2.45) is 5.73 Å². The molecule has 8 heteroatoms. The van der Waals surface area contributed by atoms with E-state index in [1.807, 2.05) is 4.98 Å². The highest BCUT2D eigenvalue weighted by Crippen LogP contribution is 2.25. The van der Waals surface area contributed by atoms with Crippen LogP contribution in [0.15, 0.2) is 33.9 Å². The third kappa shape index (κ3) is 2.57. The Morgan fingerprint density at radius 1 is 1.30 bits per heavy atom. The minimum absolute atomic E-state index is 0.137. The summed E-state index contributed by atoms with van der Waals surface area (Å²) in [5.41, 5.74) is 3.53. The van der Waals surface area contributed by atoms with Gasteiger partial charge in [-0.05, 0) is 17.7 Å². The van der Waals surface area contributed by atoms with Crippen LogP contribution in [-0.2, 0) is 11.3 Å². The molecular weight excluding hydrogens is 286 g/mol. The summed E-state index contributed by atoms with van der Waals surface area (Å²) in [4.78, 5) is 36.3. The van der Waals surface area contributed by atoms with Crippen LogP contribution in [-0.4, -0.2) is 20.6 Å². The molecule has 0 spiro atoms. The van der Waals surface area contributed by atoms with Gasteiger partial charge >= 0.3 is 5.69 Å². The standard InChI is InChI=1S/C12H10ClN3O4/c13-7-3-1-6(2-4-7)9-10(18)15-12(20)16(11(9)19)5-8(14)17/h1-4,19H,5H2,(H2,14,17)(H,15,18,20). The molecule has 4 N–H and O–H groups in total. The fourth-order valence-corrected chi connectivity index (χ4v) is 1.87. The molecule has 0 saturated heterocycles. The maximum absolute atomic E-state index is 11.8. The average Bonchev–Trinajstić information content (AvgIpc) is 2.36. The number of primary amides is 1. The van der Waals surface area contributed by atoms with Crippen LogP contribution >= 0.6 is 11.6 Å². The van der Waals surface area contributed by atoms with Crippen molar-refractivity contribution in [1.82, 2.24) is 9.55 Å². The van der Waals surface area contributed by atoms with E-state index in [0.29, 0.717) is 15.2 Å². The first-order valence-electron chi connectivity index (χ1n) is 5.50. The van der Waals surface area contributed by atoms with E-state index in [1.165, 1.54) is 24.3 Å². The van der Waals surface area contributed by atoms with E-state index in [4.69, 9.17) is 17.3 Å². The molecule has 1 aromatic carbocycles. The molecule has 0 unspecified atom stereocenters. The molecule has 1 amide bonds. The maximum Gasteiger partial charge on any atom is 0.331 e. The Hall–Kier alpha value is -2.54. The number of H-pyrrole nitrogens is 1. The van der Waals surface area contributed by atoms with Gasteiger partial charge in [0.25, 0.3) is 5.56 Å². The number of carbonyl (C=O) groups excluding carboxylic acids is 1. The van der Waals surface area contributed by atoms with Gasteiger partial charge in [0.15, 0.2) is 0 Å². The number of aromatic nitrogens is 2. The fraction of sp³-hybridized carbons (Fsp3) is 0.0833. The summed E-state index contributed by atoms with van der Waals surface area (Å²) in [6.45, 7) is -0.540. The van der Waals surface area contributed by atoms with Gasteiger partial charge < -0.3 is 10.8 Å². The summed E-state index contributed by atoms with van der Waals surface area (Å²) in [5, 5.41) is 10.5. The van der Waals surface area contributed by atoms with E-state index in [9.17, 15) is 19.5 Å². The zero-order valence-electron chi connectivity index (χ0n) is 10.1. The third-order valence-corrected chi connectivity index (χ3v) is 2.87. The monoisotopic (exact) mass is 295 g/mol. The van der Waals surface area contributed by atoms with Crippen molar-refractivity contribution in [3.63, 3.8) is 0 Å². The number of nitrogens with zero attached hydrogens (tertiary/aromatic N) is 1. The highest BCUT2D eigenvalue weighted by Gasteiger charge is 2.16. The number of nitrogens with one attached hydrogen (secondary N) is 1. The lowest BCUT2D eigenvalue weighted by Gasteiger charge is -2.09. The second-order valence-electron chi connectivity index (χ2n) is 4.02. The highest BCUT2D eigenvalue weighted by atomic mass is 35.5. The van der Waals surface area contributed by atoms with Crippen LogP contribution in [0.5, 0.6) is 5.88 Å². The number of hydrogen-bond acceptors (Lipinski definition) is 4. The van der Waals surface area contributed by atoms with Crippen molar-refractivity contribution in [2.75, 3.05) is 0 Å². The number of aromatic amines is 1. The SMILES string of the molecule is NC(=O)Cn1c(O)c(-c2ccc(Cl)cc2)c(=O)[nH]c1=O. The molecule has 1 aromatic heterocycles. The van der Waals surface area contributed by atoms with E-state index < -0.39 is 29.6 Å². The Balaban J connectivity index is 2.70. The largest absolute Gasteiger partial charge is 0.494 e. The summed E-state index contributed by atoms with van der Waals surface area (Å²) < 4.78 is 0.688. The van der Waals surface area contributed by atoms with Crippen LogP contribution in [0.25, 0.3) is 11.1 Å². The smallest absolute Gasteiger partial charge is 0.331 e. The zero-order valence-corrected chi connectivity index (χ0v) is 10.8. The van der Waals surface area contributed by atoms with Gasteiger partial charge in [0.1, 0.15) is 12.1 Å². The molecule has 0 atom stereocenters. The molecule has 0 fully saturated rings. The van der Waals surface area contributed by atoms with E-state index in [-0.39, 0.29) is 5.56 Å². The van der Waals surface area contributed by atoms with Gasteiger partial charge in [-0.2, -0.15) is 0 Å². The van der Waals surface area contributed by atoms with Crippen molar-refractivity contribution in [3.8, 4) is 17.0 Å². The molecule has 0 saturated carbocycles. The third-order valence-electron chi connectivity index (χ3n) is 2.62. The number of carbonyl (C=O) groups is 1. The summed E-state index contributed by atoms with van der Waals surface area (Å²) in [7, 11) is 0.